The lowest BCUT2D eigenvalue weighted by molar-refractivity contribution is -0.159. The van der Waals surface area contributed by atoms with Gasteiger partial charge in [-0.2, -0.15) is 0 Å². The zero-order valence-corrected chi connectivity index (χ0v) is 22.5. The van der Waals surface area contributed by atoms with E-state index in [0.29, 0.717) is 30.6 Å². The van der Waals surface area contributed by atoms with E-state index < -0.39 is 36.1 Å². The van der Waals surface area contributed by atoms with Crippen molar-refractivity contribution in [1.82, 2.24) is 5.32 Å². The summed E-state index contributed by atoms with van der Waals surface area (Å²) >= 11 is 0. The topological polar surface area (TPSA) is 163 Å². The lowest BCUT2D eigenvalue weighted by Crippen LogP contribution is -2.57. The summed E-state index contributed by atoms with van der Waals surface area (Å²) in [5, 5.41) is 35.7. The molecule has 0 aromatic rings. The van der Waals surface area contributed by atoms with Crippen LogP contribution in [0.2, 0.25) is 0 Å². The van der Waals surface area contributed by atoms with Gasteiger partial charge in [-0.05, 0) is 94.0 Å². The SMILES string of the molecule is CC(=O)[C@]1(O)CC[C@@H]2[C@H]3CCC4=C/C(=N\OCC(=O)N[C@@H](CCC(=O)O)C(=O)O)CC[C@]4(C)[C@@H]3CC[C@@]21C. The molecule has 0 saturated heterocycles. The average Bonchev–Trinajstić information content (AvgIpc) is 3.13. The van der Waals surface area contributed by atoms with Crippen molar-refractivity contribution in [3.8, 4) is 0 Å². The van der Waals surface area contributed by atoms with Crippen LogP contribution in [0, 0.1) is 28.6 Å². The van der Waals surface area contributed by atoms with E-state index in [9.17, 15) is 29.4 Å². The fourth-order valence-electron chi connectivity index (χ4n) is 8.17. The number of nitrogens with zero attached hydrogens (tertiary/aromatic N) is 1. The molecule has 0 aromatic carbocycles. The normalized spacial score (nSPS) is 37.7. The number of carbonyl (C=O) groups excluding carboxylic acids is 2. The molecule has 10 nitrogen and oxygen atoms in total. The number of rotatable bonds is 9. The third kappa shape index (κ3) is 4.87. The van der Waals surface area contributed by atoms with Crippen LogP contribution in [0.4, 0.5) is 0 Å². The number of amides is 1. The number of nitrogens with one attached hydrogen (secondary N) is 1. The second kappa shape index (κ2) is 10.4. The van der Waals surface area contributed by atoms with Crippen LogP contribution in [0.5, 0.6) is 0 Å². The molecule has 0 unspecified atom stereocenters. The number of hydrogen-bond donors (Lipinski definition) is 4. The number of hydrogen-bond acceptors (Lipinski definition) is 7. The van der Waals surface area contributed by atoms with E-state index in [1.807, 2.05) is 0 Å². The summed E-state index contributed by atoms with van der Waals surface area (Å²) in [6.45, 7) is 5.53. The third-order valence-corrected chi connectivity index (χ3v) is 10.4. The van der Waals surface area contributed by atoms with Crippen LogP contribution in [0.1, 0.15) is 85.0 Å². The van der Waals surface area contributed by atoms with Gasteiger partial charge in [0.1, 0.15) is 11.6 Å². The van der Waals surface area contributed by atoms with Crippen molar-refractivity contribution in [2.75, 3.05) is 6.61 Å². The number of carbonyl (C=O) groups is 4. The Morgan fingerprint density at radius 3 is 2.45 bits per heavy atom. The van der Waals surface area contributed by atoms with Crippen molar-refractivity contribution in [2.24, 2.45) is 33.7 Å². The van der Waals surface area contributed by atoms with Gasteiger partial charge in [0.15, 0.2) is 12.4 Å². The largest absolute Gasteiger partial charge is 0.481 e. The number of ketones is 1. The van der Waals surface area contributed by atoms with Crippen molar-refractivity contribution >= 4 is 29.3 Å². The van der Waals surface area contributed by atoms with Gasteiger partial charge in [0.05, 0.1) is 5.71 Å². The fraction of sp³-hybridized carbons (Fsp3) is 0.750. The van der Waals surface area contributed by atoms with E-state index in [1.54, 1.807) is 0 Å². The highest BCUT2D eigenvalue weighted by atomic mass is 16.6. The summed E-state index contributed by atoms with van der Waals surface area (Å²) in [6, 6.07) is -1.30. The van der Waals surface area contributed by atoms with Gasteiger partial charge in [0, 0.05) is 11.8 Å². The smallest absolute Gasteiger partial charge is 0.326 e. The van der Waals surface area contributed by atoms with Crippen molar-refractivity contribution in [1.29, 1.82) is 0 Å². The molecule has 7 atom stereocenters. The van der Waals surface area contributed by atoms with Crippen LogP contribution < -0.4 is 5.32 Å². The maximum absolute atomic E-state index is 12.4. The molecule has 0 spiro atoms. The van der Waals surface area contributed by atoms with Gasteiger partial charge >= 0.3 is 11.9 Å². The van der Waals surface area contributed by atoms with Gasteiger partial charge in [-0.25, -0.2) is 4.79 Å². The number of oxime groups is 1. The van der Waals surface area contributed by atoms with Crippen molar-refractivity contribution in [3.63, 3.8) is 0 Å². The van der Waals surface area contributed by atoms with E-state index in [4.69, 9.17) is 9.94 Å². The minimum Gasteiger partial charge on any atom is -0.481 e. The number of carboxylic acid groups (broad SMARTS) is 2. The minimum absolute atomic E-state index is 0.0242. The summed E-state index contributed by atoms with van der Waals surface area (Å²) in [4.78, 5) is 51.7. The number of allylic oxidation sites excluding steroid dienone is 2. The van der Waals surface area contributed by atoms with Crippen molar-refractivity contribution in [2.45, 2.75) is 96.6 Å². The molecule has 4 N–H and O–H groups in total. The Morgan fingerprint density at radius 2 is 1.79 bits per heavy atom. The van der Waals surface area contributed by atoms with E-state index in [-0.39, 0.29) is 29.5 Å². The molecule has 0 aromatic heterocycles. The first-order valence-electron chi connectivity index (χ1n) is 13.7. The molecule has 1 amide bonds. The molecule has 0 aliphatic heterocycles. The van der Waals surface area contributed by atoms with Crippen molar-refractivity contribution < 1.29 is 39.3 Å². The van der Waals surface area contributed by atoms with Gasteiger partial charge in [-0.3, -0.25) is 14.4 Å². The molecular formula is C28H40N2O8. The summed E-state index contributed by atoms with van der Waals surface area (Å²) in [7, 11) is 0. The summed E-state index contributed by atoms with van der Waals surface area (Å²) < 4.78 is 0. The van der Waals surface area contributed by atoms with Crippen LogP contribution in [0.15, 0.2) is 16.8 Å². The summed E-state index contributed by atoms with van der Waals surface area (Å²) in [5.74, 6) is -1.90. The van der Waals surface area contributed by atoms with Gasteiger partial charge in [0.2, 0.25) is 0 Å². The molecule has 4 aliphatic rings. The van der Waals surface area contributed by atoms with Gasteiger partial charge in [0.25, 0.3) is 5.91 Å². The number of aliphatic carboxylic acids is 2. The molecule has 4 rings (SSSR count). The van der Waals surface area contributed by atoms with Gasteiger partial charge in [-0.1, -0.05) is 24.6 Å². The molecule has 3 saturated carbocycles. The number of Topliss-reactive ketones (excluding diaryl/α,β-unsaturated/α-hetero) is 1. The van der Waals surface area contributed by atoms with Gasteiger partial charge < -0.3 is 25.5 Å². The predicted molar refractivity (Wildman–Crippen MR) is 137 cm³/mol. The third-order valence-electron chi connectivity index (χ3n) is 10.4. The van der Waals surface area contributed by atoms with Gasteiger partial charge in [-0.15, -0.1) is 0 Å². The molecule has 10 heteroatoms. The quantitative estimate of drug-likeness (QED) is 0.329. The van der Waals surface area contributed by atoms with Crippen LogP contribution in [-0.4, -0.2) is 62.9 Å². The highest BCUT2D eigenvalue weighted by Gasteiger charge is 2.65. The number of carboxylic acids is 2. The Morgan fingerprint density at radius 1 is 1.08 bits per heavy atom. The standard InChI is InChI=1S/C28H40N2O8/c1-16(31)28(37)13-10-21-19-5-4-17-14-18(8-11-26(17,2)20(19)9-12-27(21,28)3)30-38-15-23(32)29-22(25(35)36)6-7-24(33)34/h14,19-22,37H,4-13,15H2,1-3H3,(H,29,32)(H,33,34)(H,35,36)/b30-18-/t19-,20+,21+,22-,26-,27-,28+/m0/s1. The Kier molecular flexibility index (Phi) is 7.76. The summed E-state index contributed by atoms with van der Waals surface area (Å²) in [6.07, 6.45) is 8.32. The lowest BCUT2D eigenvalue weighted by atomic mass is 9.46. The van der Waals surface area contributed by atoms with Crippen LogP contribution in [0.3, 0.4) is 0 Å². The predicted octanol–water partition coefficient (Wildman–Crippen LogP) is 3.08. The molecule has 38 heavy (non-hydrogen) atoms. The Labute approximate surface area is 222 Å². The zero-order chi connectivity index (χ0) is 27.9. The maximum atomic E-state index is 12.4. The van der Waals surface area contributed by atoms with E-state index in [0.717, 1.165) is 44.2 Å². The number of fused-ring (bicyclic) bond motifs is 5. The zero-order valence-electron chi connectivity index (χ0n) is 22.5. The molecule has 4 aliphatic carbocycles. The molecule has 0 radical (unpaired) electrons. The van der Waals surface area contributed by atoms with Crippen LogP contribution in [0.25, 0.3) is 0 Å². The molecule has 3 fully saturated rings. The fourth-order valence-corrected chi connectivity index (χ4v) is 8.17. The second-order valence-electron chi connectivity index (χ2n) is 12.2. The highest BCUT2D eigenvalue weighted by molar-refractivity contribution is 5.96. The first-order chi connectivity index (χ1) is 17.8. The highest BCUT2D eigenvalue weighted by Crippen LogP contribution is 2.67. The average molecular weight is 533 g/mol. The monoisotopic (exact) mass is 532 g/mol. The minimum atomic E-state index is -1.30. The van der Waals surface area contributed by atoms with Crippen LogP contribution in [-0.2, 0) is 24.0 Å². The Bertz CT molecular complexity index is 1070. The molecule has 210 valence electrons. The number of aliphatic hydroxyl groups is 1. The Hall–Kier alpha value is -2.75. The Balaban J connectivity index is 1.38. The first kappa shape index (κ1) is 28.3. The van der Waals surface area contributed by atoms with E-state index in [1.165, 1.54) is 12.5 Å². The molecular weight excluding hydrogens is 492 g/mol. The van der Waals surface area contributed by atoms with Crippen LogP contribution >= 0.6 is 0 Å². The lowest BCUT2D eigenvalue weighted by Gasteiger charge is -2.59. The van der Waals surface area contributed by atoms with Crippen molar-refractivity contribution in [3.05, 3.63) is 11.6 Å². The summed E-state index contributed by atoms with van der Waals surface area (Å²) in [5.41, 5.74) is 0.532. The van der Waals surface area contributed by atoms with E-state index >= 15 is 0 Å². The second-order valence-corrected chi connectivity index (χ2v) is 12.2. The molecule has 0 heterocycles. The molecule has 0 bridgehead atoms. The first-order valence-corrected chi connectivity index (χ1v) is 13.7. The van der Waals surface area contributed by atoms with E-state index in [2.05, 4.69) is 30.4 Å². The maximum Gasteiger partial charge on any atom is 0.326 e.